The van der Waals surface area contributed by atoms with Crippen LogP contribution in [0.5, 0.6) is 0 Å². The second-order valence-electron chi connectivity index (χ2n) is 6.90. The fraction of sp³-hybridized carbons (Fsp3) is 0.474. The fourth-order valence-electron chi connectivity index (χ4n) is 3.28. The molecule has 1 aromatic heterocycles. The molecule has 1 aromatic carbocycles. The van der Waals surface area contributed by atoms with E-state index in [4.69, 9.17) is 0 Å². The molecule has 0 bridgehead atoms. The number of aromatic amines is 1. The van der Waals surface area contributed by atoms with Gasteiger partial charge in [-0.1, -0.05) is 38.1 Å². The normalized spacial score (nSPS) is 16.0. The van der Waals surface area contributed by atoms with Crippen molar-refractivity contribution in [1.29, 1.82) is 0 Å². The van der Waals surface area contributed by atoms with Crippen molar-refractivity contribution in [3.63, 3.8) is 0 Å². The molecule has 5 nitrogen and oxygen atoms in total. The number of carbonyl (C=O) groups excluding carboxylic acids is 1. The summed E-state index contributed by atoms with van der Waals surface area (Å²) in [5.41, 5.74) is 4.40. The van der Waals surface area contributed by atoms with Gasteiger partial charge in [0.05, 0.1) is 17.5 Å². The molecule has 0 saturated heterocycles. The van der Waals surface area contributed by atoms with E-state index in [1.54, 1.807) is 6.20 Å². The average molecular weight is 326 g/mol. The van der Waals surface area contributed by atoms with Crippen molar-refractivity contribution >= 4 is 5.91 Å². The van der Waals surface area contributed by atoms with E-state index in [0.29, 0.717) is 18.2 Å². The number of benzene rings is 1. The molecule has 5 heteroatoms. The minimum atomic E-state index is -0.0447. The van der Waals surface area contributed by atoms with E-state index in [9.17, 15) is 4.79 Å². The summed E-state index contributed by atoms with van der Waals surface area (Å²) in [5.74, 6) is 0.209. The molecule has 3 rings (SSSR count). The van der Waals surface area contributed by atoms with Gasteiger partial charge in [0.2, 0.25) is 0 Å². The number of nitrogens with one attached hydrogen (secondary N) is 2. The van der Waals surface area contributed by atoms with Gasteiger partial charge < -0.3 is 5.32 Å². The van der Waals surface area contributed by atoms with Crippen LogP contribution in [0.4, 0.5) is 0 Å². The number of hydrogen-bond donors (Lipinski definition) is 2. The van der Waals surface area contributed by atoms with Gasteiger partial charge in [-0.2, -0.15) is 5.10 Å². The monoisotopic (exact) mass is 326 g/mol. The highest BCUT2D eigenvalue weighted by atomic mass is 16.1. The summed E-state index contributed by atoms with van der Waals surface area (Å²) in [6.07, 6.45) is 2.69. The zero-order valence-electron chi connectivity index (χ0n) is 14.7. The summed E-state index contributed by atoms with van der Waals surface area (Å²) in [7, 11) is 0. The fourth-order valence-corrected chi connectivity index (χ4v) is 3.28. The number of aromatic nitrogens is 2. The summed E-state index contributed by atoms with van der Waals surface area (Å²) >= 11 is 0. The van der Waals surface area contributed by atoms with Crippen molar-refractivity contribution in [3.05, 3.63) is 52.8 Å². The molecule has 0 unspecified atom stereocenters. The molecular weight excluding hydrogens is 300 g/mol. The largest absolute Gasteiger partial charge is 0.350 e. The number of rotatable bonds is 5. The Labute approximate surface area is 143 Å². The van der Waals surface area contributed by atoms with Crippen LogP contribution >= 0.6 is 0 Å². The second-order valence-corrected chi connectivity index (χ2v) is 6.90. The lowest BCUT2D eigenvalue weighted by atomic mass is 9.99. The van der Waals surface area contributed by atoms with Gasteiger partial charge in [-0.15, -0.1) is 0 Å². The second kappa shape index (κ2) is 7.18. The van der Waals surface area contributed by atoms with Crippen LogP contribution in [0.15, 0.2) is 30.5 Å². The van der Waals surface area contributed by atoms with E-state index in [1.165, 1.54) is 11.1 Å². The number of H-pyrrole nitrogens is 1. The van der Waals surface area contributed by atoms with Gasteiger partial charge in [-0.25, -0.2) is 0 Å². The Morgan fingerprint density at radius 2 is 2.04 bits per heavy atom. The zero-order valence-corrected chi connectivity index (χ0v) is 14.7. The average Bonchev–Trinajstić information content (AvgIpc) is 3.09. The summed E-state index contributed by atoms with van der Waals surface area (Å²) in [5, 5.41) is 10.00. The topological polar surface area (TPSA) is 61.0 Å². The SMILES string of the molecule is CC(C)c1[nH]ncc1C(=O)NC[C@H](C)N1CCc2ccccc2C1. The molecule has 1 atom stereocenters. The van der Waals surface area contributed by atoms with Gasteiger partial charge in [0, 0.05) is 25.7 Å². The van der Waals surface area contributed by atoms with E-state index in [2.05, 4.69) is 65.5 Å². The maximum absolute atomic E-state index is 12.4. The third-order valence-electron chi connectivity index (χ3n) is 4.83. The molecule has 2 heterocycles. The highest BCUT2D eigenvalue weighted by Gasteiger charge is 2.22. The van der Waals surface area contributed by atoms with Crippen LogP contribution in [-0.2, 0) is 13.0 Å². The summed E-state index contributed by atoms with van der Waals surface area (Å²) in [6, 6.07) is 8.92. The van der Waals surface area contributed by atoms with Gasteiger partial charge >= 0.3 is 0 Å². The molecule has 1 amide bonds. The third-order valence-corrected chi connectivity index (χ3v) is 4.83. The van der Waals surface area contributed by atoms with Crippen molar-refractivity contribution in [1.82, 2.24) is 20.4 Å². The Balaban J connectivity index is 1.57. The first-order valence-electron chi connectivity index (χ1n) is 8.68. The molecule has 0 fully saturated rings. The highest BCUT2D eigenvalue weighted by Crippen LogP contribution is 2.20. The van der Waals surface area contributed by atoms with Crippen LogP contribution in [0, 0.1) is 0 Å². The smallest absolute Gasteiger partial charge is 0.254 e. The first-order chi connectivity index (χ1) is 11.6. The summed E-state index contributed by atoms with van der Waals surface area (Å²) in [6.45, 7) is 8.92. The first-order valence-corrected chi connectivity index (χ1v) is 8.68. The maximum atomic E-state index is 12.4. The van der Waals surface area contributed by atoms with Crippen LogP contribution in [0.25, 0.3) is 0 Å². The van der Waals surface area contributed by atoms with E-state index >= 15 is 0 Å². The third kappa shape index (κ3) is 3.51. The molecule has 0 spiro atoms. The Kier molecular flexibility index (Phi) is 5.00. The lowest BCUT2D eigenvalue weighted by Gasteiger charge is -2.33. The van der Waals surface area contributed by atoms with Crippen molar-refractivity contribution in [3.8, 4) is 0 Å². The van der Waals surface area contributed by atoms with Gasteiger partial charge in [-0.3, -0.25) is 14.8 Å². The Bertz CT molecular complexity index is 707. The van der Waals surface area contributed by atoms with Crippen LogP contribution in [0.1, 0.15) is 53.9 Å². The first kappa shape index (κ1) is 16.7. The standard InChI is InChI=1S/C19H26N4O/c1-13(2)18-17(11-21-22-18)19(24)20-10-14(3)23-9-8-15-6-4-5-7-16(15)12-23/h4-7,11,13-14H,8-10,12H2,1-3H3,(H,20,24)(H,21,22)/t14-/m0/s1. The van der Waals surface area contributed by atoms with Crippen LogP contribution in [0.3, 0.4) is 0 Å². The Morgan fingerprint density at radius 3 is 2.79 bits per heavy atom. The van der Waals surface area contributed by atoms with Gasteiger partial charge in [0.1, 0.15) is 0 Å². The Morgan fingerprint density at radius 1 is 1.29 bits per heavy atom. The van der Waals surface area contributed by atoms with E-state index in [0.717, 1.165) is 25.2 Å². The van der Waals surface area contributed by atoms with Crippen LogP contribution < -0.4 is 5.32 Å². The van der Waals surface area contributed by atoms with E-state index in [1.807, 2.05) is 0 Å². The minimum absolute atomic E-state index is 0.0447. The predicted molar refractivity (Wildman–Crippen MR) is 95.0 cm³/mol. The summed E-state index contributed by atoms with van der Waals surface area (Å²) < 4.78 is 0. The molecule has 24 heavy (non-hydrogen) atoms. The molecule has 128 valence electrons. The number of fused-ring (bicyclic) bond motifs is 1. The predicted octanol–water partition coefficient (Wildman–Crippen LogP) is 2.71. The molecular formula is C19H26N4O. The maximum Gasteiger partial charge on any atom is 0.254 e. The minimum Gasteiger partial charge on any atom is -0.350 e. The summed E-state index contributed by atoms with van der Waals surface area (Å²) in [4.78, 5) is 14.9. The lowest BCUT2D eigenvalue weighted by molar-refractivity contribution is 0.0931. The number of nitrogens with zero attached hydrogens (tertiary/aromatic N) is 2. The van der Waals surface area contributed by atoms with Crippen molar-refractivity contribution in [2.45, 2.75) is 45.7 Å². The van der Waals surface area contributed by atoms with Crippen molar-refractivity contribution in [2.75, 3.05) is 13.1 Å². The van der Waals surface area contributed by atoms with Gasteiger partial charge in [0.25, 0.3) is 5.91 Å². The number of hydrogen-bond acceptors (Lipinski definition) is 3. The molecule has 2 aromatic rings. The lowest BCUT2D eigenvalue weighted by Crippen LogP contribution is -2.44. The highest BCUT2D eigenvalue weighted by molar-refractivity contribution is 5.95. The zero-order chi connectivity index (χ0) is 17.1. The van der Waals surface area contributed by atoms with Crippen LogP contribution in [-0.4, -0.2) is 40.1 Å². The Hall–Kier alpha value is -2.14. The van der Waals surface area contributed by atoms with Crippen molar-refractivity contribution < 1.29 is 4.79 Å². The van der Waals surface area contributed by atoms with Crippen molar-refractivity contribution in [2.24, 2.45) is 0 Å². The van der Waals surface area contributed by atoms with E-state index < -0.39 is 0 Å². The molecule has 1 aliphatic rings. The molecule has 1 aliphatic heterocycles. The number of amides is 1. The quantitative estimate of drug-likeness (QED) is 0.888. The van der Waals surface area contributed by atoms with Gasteiger partial charge in [-0.05, 0) is 30.4 Å². The van der Waals surface area contributed by atoms with E-state index in [-0.39, 0.29) is 11.8 Å². The molecule has 0 saturated carbocycles. The molecule has 2 N–H and O–H groups in total. The molecule has 0 aliphatic carbocycles. The van der Waals surface area contributed by atoms with Crippen LogP contribution in [0.2, 0.25) is 0 Å². The number of carbonyl (C=O) groups is 1. The molecule has 0 radical (unpaired) electrons. The van der Waals surface area contributed by atoms with Gasteiger partial charge in [0.15, 0.2) is 0 Å².